The Morgan fingerprint density at radius 2 is 1.74 bits per heavy atom. The van der Waals surface area contributed by atoms with Crippen LogP contribution in [0.2, 0.25) is 5.02 Å². The number of benzene rings is 2. The van der Waals surface area contributed by atoms with Crippen molar-refractivity contribution in [2.45, 2.75) is 30.5 Å². The smallest absolute Gasteiger partial charge is 0.348 e. The molecular weight excluding hydrogens is 453 g/mol. The normalized spacial score (nSPS) is 15.5. The van der Waals surface area contributed by atoms with Crippen molar-refractivity contribution >= 4 is 33.6 Å². The van der Waals surface area contributed by atoms with Gasteiger partial charge in [-0.05, 0) is 54.3 Å². The maximum Gasteiger partial charge on any atom is 0.417 e. The van der Waals surface area contributed by atoms with Gasteiger partial charge in [0.2, 0.25) is 15.9 Å². The second kappa shape index (κ2) is 9.42. The van der Waals surface area contributed by atoms with Crippen LogP contribution < -0.4 is 5.32 Å². The van der Waals surface area contributed by atoms with Gasteiger partial charge in [-0.3, -0.25) is 4.79 Å². The van der Waals surface area contributed by atoms with Gasteiger partial charge in [0.1, 0.15) is 0 Å². The maximum absolute atomic E-state index is 12.9. The van der Waals surface area contributed by atoms with Gasteiger partial charge >= 0.3 is 6.18 Å². The zero-order chi connectivity index (χ0) is 22.6. The van der Waals surface area contributed by atoms with E-state index in [-0.39, 0.29) is 17.0 Å². The van der Waals surface area contributed by atoms with Crippen LogP contribution in [-0.4, -0.2) is 31.7 Å². The Bertz CT molecular complexity index is 1080. The molecule has 2 aromatic rings. The third kappa shape index (κ3) is 5.87. The summed E-state index contributed by atoms with van der Waals surface area (Å²) in [6.45, 7) is 1.18. The van der Waals surface area contributed by atoms with Gasteiger partial charge in [-0.1, -0.05) is 29.8 Å². The van der Waals surface area contributed by atoms with Crippen LogP contribution in [0.3, 0.4) is 0 Å². The van der Waals surface area contributed by atoms with E-state index in [1.165, 1.54) is 28.6 Å². The molecule has 0 atom stereocenters. The predicted molar refractivity (Wildman–Crippen MR) is 112 cm³/mol. The first-order valence-corrected chi connectivity index (χ1v) is 11.3. The molecule has 0 aliphatic carbocycles. The highest BCUT2D eigenvalue weighted by molar-refractivity contribution is 7.89. The summed E-state index contributed by atoms with van der Waals surface area (Å²) < 4.78 is 65.2. The predicted octanol–water partition coefficient (Wildman–Crippen LogP) is 4.47. The molecule has 10 heteroatoms. The van der Waals surface area contributed by atoms with E-state index < -0.39 is 32.7 Å². The van der Waals surface area contributed by atoms with E-state index >= 15 is 0 Å². The lowest BCUT2D eigenvalue weighted by molar-refractivity contribution is -0.137. The number of nitrogens with zero attached hydrogens (tertiary/aromatic N) is 1. The minimum atomic E-state index is -4.59. The fraction of sp³-hybridized carbons (Fsp3) is 0.286. The Hall–Kier alpha value is -2.36. The quantitative estimate of drug-likeness (QED) is 0.631. The Balaban J connectivity index is 1.59. The summed E-state index contributed by atoms with van der Waals surface area (Å²) in [6, 6.07) is 9.59. The molecule has 0 unspecified atom stereocenters. The highest BCUT2D eigenvalue weighted by atomic mass is 35.5. The lowest BCUT2D eigenvalue weighted by Gasteiger charge is -2.15. The van der Waals surface area contributed by atoms with Gasteiger partial charge < -0.3 is 5.32 Å². The van der Waals surface area contributed by atoms with Crippen molar-refractivity contribution < 1.29 is 26.4 Å². The van der Waals surface area contributed by atoms with E-state index in [2.05, 4.69) is 5.32 Å². The van der Waals surface area contributed by atoms with Gasteiger partial charge in [-0.2, -0.15) is 17.5 Å². The number of hydrogen-bond donors (Lipinski definition) is 1. The first kappa shape index (κ1) is 23.3. The van der Waals surface area contributed by atoms with Crippen LogP contribution in [-0.2, 0) is 27.5 Å². The minimum Gasteiger partial charge on any atom is -0.348 e. The molecule has 31 heavy (non-hydrogen) atoms. The second-order valence-corrected chi connectivity index (χ2v) is 9.39. The molecular formula is C21H20ClF3N2O3S. The largest absolute Gasteiger partial charge is 0.417 e. The number of halogens is 4. The fourth-order valence-corrected chi connectivity index (χ4v) is 4.88. The standard InChI is InChI=1S/C21H20ClF3N2O3S/c22-19-9-5-15(13-18(19)21(23,24)25)6-10-20(28)26-14-16-3-7-17(8-4-16)31(29,30)27-11-1-2-12-27/h3-10,13H,1-2,11-12,14H2,(H,26,28)/b10-6+. The average Bonchev–Trinajstić information content (AvgIpc) is 3.27. The van der Waals surface area contributed by atoms with Crippen LogP contribution in [0.4, 0.5) is 13.2 Å². The van der Waals surface area contributed by atoms with E-state index in [9.17, 15) is 26.4 Å². The third-order valence-electron chi connectivity index (χ3n) is 4.82. The van der Waals surface area contributed by atoms with Gasteiger partial charge in [0.15, 0.2) is 0 Å². The molecule has 1 fully saturated rings. The SMILES string of the molecule is O=C(/C=C/c1ccc(Cl)c(C(F)(F)F)c1)NCc1ccc(S(=O)(=O)N2CCCC2)cc1. The molecule has 1 aliphatic rings. The van der Waals surface area contributed by atoms with Crippen molar-refractivity contribution in [3.05, 3.63) is 70.3 Å². The van der Waals surface area contributed by atoms with Crippen LogP contribution in [0.5, 0.6) is 0 Å². The molecule has 5 nitrogen and oxygen atoms in total. The zero-order valence-electron chi connectivity index (χ0n) is 16.3. The van der Waals surface area contributed by atoms with Crippen LogP contribution in [0.1, 0.15) is 29.5 Å². The number of carbonyl (C=O) groups excluding carboxylic acids is 1. The van der Waals surface area contributed by atoms with Crippen molar-refractivity contribution in [2.75, 3.05) is 13.1 Å². The van der Waals surface area contributed by atoms with Crippen molar-refractivity contribution in [3.63, 3.8) is 0 Å². The molecule has 1 amide bonds. The van der Waals surface area contributed by atoms with Gasteiger partial charge in [-0.15, -0.1) is 0 Å². The average molecular weight is 473 g/mol. The summed E-state index contributed by atoms with van der Waals surface area (Å²) in [5.74, 6) is -0.503. The summed E-state index contributed by atoms with van der Waals surface area (Å²) in [4.78, 5) is 12.2. The number of nitrogens with one attached hydrogen (secondary N) is 1. The third-order valence-corrected chi connectivity index (χ3v) is 7.06. The number of hydrogen-bond acceptors (Lipinski definition) is 3. The summed E-state index contributed by atoms with van der Waals surface area (Å²) in [5.41, 5.74) is -0.1000. The number of rotatable bonds is 6. The van der Waals surface area contributed by atoms with E-state index in [0.29, 0.717) is 18.7 Å². The highest BCUT2D eigenvalue weighted by Crippen LogP contribution is 2.35. The summed E-state index contributed by atoms with van der Waals surface area (Å²) in [5, 5.41) is 2.19. The summed E-state index contributed by atoms with van der Waals surface area (Å²) >= 11 is 5.57. The molecule has 3 rings (SSSR count). The maximum atomic E-state index is 12.9. The molecule has 0 bridgehead atoms. The van der Waals surface area contributed by atoms with Gasteiger partial charge in [0.25, 0.3) is 0 Å². The fourth-order valence-electron chi connectivity index (χ4n) is 3.14. The monoisotopic (exact) mass is 472 g/mol. The number of amides is 1. The van der Waals surface area contributed by atoms with Crippen molar-refractivity contribution in [1.82, 2.24) is 9.62 Å². The number of sulfonamides is 1. The van der Waals surface area contributed by atoms with E-state index in [0.717, 1.165) is 31.1 Å². The van der Waals surface area contributed by atoms with E-state index in [4.69, 9.17) is 11.6 Å². The van der Waals surface area contributed by atoms with Crippen molar-refractivity contribution in [2.24, 2.45) is 0 Å². The number of carbonyl (C=O) groups is 1. The van der Waals surface area contributed by atoms with E-state index in [1.807, 2.05) is 0 Å². The molecule has 1 aliphatic heterocycles. The van der Waals surface area contributed by atoms with Crippen LogP contribution in [0, 0.1) is 0 Å². The topological polar surface area (TPSA) is 66.5 Å². The van der Waals surface area contributed by atoms with Gasteiger partial charge in [0.05, 0.1) is 15.5 Å². The Labute approximate surface area is 183 Å². The second-order valence-electron chi connectivity index (χ2n) is 7.04. The van der Waals surface area contributed by atoms with E-state index in [1.54, 1.807) is 12.1 Å². The lowest BCUT2D eigenvalue weighted by Crippen LogP contribution is -2.27. The minimum absolute atomic E-state index is 0.141. The molecule has 1 saturated heterocycles. The molecule has 1 N–H and O–H groups in total. The molecule has 0 radical (unpaired) electrons. The van der Waals surface area contributed by atoms with Crippen molar-refractivity contribution in [3.8, 4) is 0 Å². The first-order chi connectivity index (χ1) is 14.6. The van der Waals surface area contributed by atoms with Crippen LogP contribution in [0.25, 0.3) is 6.08 Å². The molecule has 2 aromatic carbocycles. The Morgan fingerprint density at radius 1 is 1.10 bits per heavy atom. The molecule has 166 valence electrons. The summed E-state index contributed by atoms with van der Waals surface area (Å²) in [6.07, 6.45) is -0.505. The van der Waals surface area contributed by atoms with Gasteiger partial charge in [0, 0.05) is 25.7 Å². The first-order valence-electron chi connectivity index (χ1n) is 9.49. The molecule has 0 saturated carbocycles. The van der Waals surface area contributed by atoms with Gasteiger partial charge in [-0.25, -0.2) is 8.42 Å². The van der Waals surface area contributed by atoms with Crippen LogP contribution >= 0.6 is 11.6 Å². The van der Waals surface area contributed by atoms with Crippen LogP contribution in [0.15, 0.2) is 53.4 Å². The summed E-state index contributed by atoms with van der Waals surface area (Å²) in [7, 11) is -3.50. The molecule has 0 aromatic heterocycles. The lowest BCUT2D eigenvalue weighted by atomic mass is 10.1. The molecule has 1 heterocycles. The number of alkyl halides is 3. The highest BCUT2D eigenvalue weighted by Gasteiger charge is 2.33. The Kier molecular flexibility index (Phi) is 7.08. The zero-order valence-corrected chi connectivity index (χ0v) is 17.9. The molecule has 0 spiro atoms. The van der Waals surface area contributed by atoms with Crippen molar-refractivity contribution in [1.29, 1.82) is 0 Å². The Morgan fingerprint density at radius 3 is 2.35 bits per heavy atom.